The van der Waals surface area contributed by atoms with Crippen LogP contribution in [0.25, 0.3) is 0 Å². The Morgan fingerprint density at radius 3 is 2.43 bits per heavy atom. The van der Waals surface area contributed by atoms with E-state index in [9.17, 15) is 5.11 Å². The molecule has 0 aliphatic carbocycles. The molecule has 0 amide bonds. The second kappa shape index (κ2) is 8.49. The maximum Gasteiger partial charge on any atom is 0.0900 e. The van der Waals surface area contributed by atoms with Gasteiger partial charge in [0, 0.05) is 38.6 Å². The van der Waals surface area contributed by atoms with Crippen molar-refractivity contribution in [1.29, 1.82) is 0 Å². The van der Waals surface area contributed by atoms with Crippen molar-refractivity contribution in [2.75, 3.05) is 53.0 Å². The molecule has 1 aromatic carbocycles. The number of likely N-dealkylation sites (N-methyl/N-ethyl adjacent to an activating group) is 1. The lowest BCUT2D eigenvalue weighted by Crippen LogP contribution is -2.47. The first-order chi connectivity index (χ1) is 10.1. The highest BCUT2D eigenvalue weighted by molar-refractivity contribution is 5.18. The van der Waals surface area contributed by atoms with Crippen molar-refractivity contribution in [2.24, 2.45) is 0 Å². The minimum atomic E-state index is -0.392. The Hall–Kier alpha value is -0.940. The van der Waals surface area contributed by atoms with E-state index in [4.69, 9.17) is 4.74 Å². The molecule has 4 nitrogen and oxygen atoms in total. The van der Waals surface area contributed by atoms with Crippen LogP contribution >= 0.6 is 0 Å². The zero-order chi connectivity index (χ0) is 15.1. The predicted octanol–water partition coefficient (Wildman–Crippen LogP) is 1.42. The molecule has 1 N–H and O–H groups in total. The number of piperazine rings is 1. The van der Waals surface area contributed by atoms with Gasteiger partial charge in [0.05, 0.1) is 19.3 Å². The van der Waals surface area contributed by atoms with E-state index < -0.39 is 6.10 Å². The molecule has 21 heavy (non-hydrogen) atoms. The lowest BCUT2D eigenvalue weighted by Gasteiger charge is -2.33. The number of aliphatic hydroxyl groups is 1. The van der Waals surface area contributed by atoms with Gasteiger partial charge < -0.3 is 14.7 Å². The zero-order valence-corrected chi connectivity index (χ0v) is 13.2. The van der Waals surface area contributed by atoms with Gasteiger partial charge in [-0.2, -0.15) is 0 Å². The van der Waals surface area contributed by atoms with Crippen molar-refractivity contribution in [3.63, 3.8) is 0 Å². The van der Waals surface area contributed by atoms with E-state index in [1.54, 1.807) is 0 Å². The zero-order valence-electron chi connectivity index (χ0n) is 13.2. The molecule has 1 saturated heterocycles. The van der Waals surface area contributed by atoms with Crippen LogP contribution in [0.15, 0.2) is 30.3 Å². The quantitative estimate of drug-likeness (QED) is 0.824. The maximum absolute atomic E-state index is 10.1. The van der Waals surface area contributed by atoms with E-state index in [1.807, 2.05) is 18.2 Å². The van der Waals surface area contributed by atoms with E-state index >= 15 is 0 Å². The Morgan fingerprint density at radius 1 is 1.10 bits per heavy atom. The molecule has 0 saturated carbocycles. The summed E-state index contributed by atoms with van der Waals surface area (Å²) < 4.78 is 5.69. The lowest BCUT2D eigenvalue weighted by molar-refractivity contribution is 0.00584. The fraction of sp³-hybridized carbons (Fsp3) is 0.647. The number of hydrogen-bond acceptors (Lipinski definition) is 4. The average Bonchev–Trinajstić information content (AvgIpc) is 2.50. The van der Waals surface area contributed by atoms with Gasteiger partial charge in [-0.25, -0.2) is 0 Å². The Labute approximate surface area is 128 Å². The van der Waals surface area contributed by atoms with Gasteiger partial charge >= 0.3 is 0 Å². The third-order valence-electron chi connectivity index (χ3n) is 4.11. The van der Waals surface area contributed by atoms with E-state index in [0.717, 1.165) is 26.2 Å². The predicted molar refractivity (Wildman–Crippen MR) is 85.6 cm³/mol. The monoisotopic (exact) mass is 292 g/mol. The summed E-state index contributed by atoms with van der Waals surface area (Å²) in [5, 5.41) is 10.1. The molecule has 0 aromatic heterocycles. The molecule has 1 fully saturated rings. The Balaban J connectivity index is 1.62. The third-order valence-corrected chi connectivity index (χ3v) is 4.11. The minimum Gasteiger partial charge on any atom is -0.389 e. The molecule has 1 heterocycles. The molecule has 1 aliphatic rings. The summed E-state index contributed by atoms with van der Waals surface area (Å²) in [6.07, 6.45) is -0.392. The average molecular weight is 292 g/mol. The number of rotatable bonds is 7. The van der Waals surface area contributed by atoms with Crippen LogP contribution in [0.5, 0.6) is 0 Å². The van der Waals surface area contributed by atoms with Gasteiger partial charge in [-0.15, -0.1) is 0 Å². The van der Waals surface area contributed by atoms with Crippen LogP contribution in [-0.4, -0.2) is 74.0 Å². The molecule has 0 bridgehead atoms. The fourth-order valence-corrected chi connectivity index (χ4v) is 2.64. The molecule has 0 radical (unpaired) electrons. The summed E-state index contributed by atoms with van der Waals surface area (Å²) in [7, 11) is 2.14. The van der Waals surface area contributed by atoms with Gasteiger partial charge in [0.25, 0.3) is 0 Å². The van der Waals surface area contributed by atoms with Gasteiger partial charge in [-0.1, -0.05) is 37.3 Å². The molecule has 0 spiro atoms. The molecular formula is C17H28N2O2. The highest BCUT2D eigenvalue weighted by Gasteiger charge is 2.17. The van der Waals surface area contributed by atoms with Gasteiger partial charge in [0.2, 0.25) is 0 Å². The van der Waals surface area contributed by atoms with Crippen LogP contribution in [0.1, 0.15) is 18.4 Å². The number of β-amino-alcohol motifs (C(OH)–C–C–N with tert-alkyl or cyclic N) is 1. The van der Waals surface area contributed by atoms with Crippen molar-refractivity contribution in [2.45, 2.75) is 18.9 Å². The number of benzene rings is 1. The summed E-state index contributed by atoms with van der Waals surface area (Å²) in [5.41, 5.74) is 1.28. The van der Waals surface area contributed by atoms with Crippen molar-refractivity contribution < 1.29 is 9.84 Å². The molecule has 2 atom stereocenters. The smallest absolute Gasteiger partial charge is 0.0900 e. The third kappa shape index (κ3) is 5.75. The summed E-state index contributed by atoms with van der Waals surface area (Å²) in [4.78, 5) is 4.63. The number of hydrogen-bond donors (Lipinski definition) is 1. The highest BCUT2D eigenvalue weighted by Crippen LogP contribution is 2.14. The van der Waals surface area contributed by atoms with Gasteiger partial charge in [-0.05, 0) is 12.6 Å². The topological polar surface area (TPSA) is 35.9 Å². The molecular weight excluding hydrogens is 264 g/mol. The van der Waals surface area contributed by atoms with Gasteiger partial charge in [0.1, 0.15) is 0 Å². The van der Waals surface area contributed by atoms with Crippen molar-refractivity contribution in [3.8, 4) is 0 Å². The minimum absolute atomic E-state index is 0.363. The van der Waals surface area contributed by atoms with Crippen LogP contribution in [0.4, 0.5) is 0 Å². The van der Waals surface area contributed by atoms with Gasteiger partial charge in [-0.3, -0.25) is 4.90 Å². The summed E-state index contributed by atoms with van der Waals surface area (Å²) in [6, 6.07) is 10.4. The normalized spacial score (nSPS) is 20.3. The van der Waals surface area contributed by atoms with Gasteiger partial charge in [0.15, 0.2) is 0 Å². The maximum atomic E-state index is 10.1. The van der Waals surface area contributed by atoms with E-state index in [2.05, 4.69) is 35.9 Å². The highest BCUT2D eigenvalue weighted by atomic mass is 16.5. The largest absolute Gasteiger partial charge is 0.389 e. The number of ether oxygens (including phenoxy) is 1. The van der Waals surface area contributed by atoms with Crippen molar-refractivity contribution in [3.05, 3.63) is 35.9 Å². The fourth-order valence-electron chi connectivity index (χ4n) is 2.64. The Morgan fingerprint density at radius 2 is 1.76 bits per heavy atom. The second-order valence-corrected chi connectivity index (χ2v) is 6.11. The van der Waals surface area contributed by atoms with Crippen molar-refractivity contribution >= 4 is 0 Å². The Kier molecular flexibility index (Phi) is 6.64. The van der Waals surface area contributed by atoms with Crippen molar-refractivity contribution in [1.82, 2.24) is 9.80 Å². The second-order valence-electron chi connectivity index (χ2n) is 6.11. The Bertz CT molecular complexity index is 391. The number of nitrogens with zero attached hydrogens (tertiary/aromatic N) is 2. The molecule has 2 unspecified atom stereocenters. The molecule has 1 aromatic rings. The molecule has 118 valence electrons. The molecule has 4 heteroatoms. The SMILES string of the molecule is CC(COCC(O)CN1CCN(C)CC1)c1ccccc1. The van der Waals surface area contributed by atoms with E-state index in [0.29, 0.717) is 25.7 Å². The summed E-state index contributed by atoms with van der Waals surface area (Å²) in [5.74, 6) is 0.363. The van der Waals surface area contributed by atoms with Crippen LogP contribution in [0.3, 0.4) is 0 Å². The first kappa shape index (κ1) is 16.4. The van der Waals surface area contributed by atoms with Crippen LogP contribution in [0, 0.1) is 0 Å². The first-order valence-corrected chi connectivity index (χ1v) is 7.87. The standard InChI is InChI=1S/C17H28N2O2/c1-15(16-6-4-3-5-7-16)13-21-14-17(20)12-19-10-8-18(2)9-11-19/h3-7,15,17,20H,8-14H2,1-2H3. The van der Waals surface area contributed by atoms with Crippen LogP contribution in [-0.2, 0) is 4.74 Å². The molecule has 2 rings (SSSR count). The molecule has 1 aliphatic heterocycles. The summed E-state index contributed by atoms with van der Waals surface area (Å²) in [6.45, 7) is 8.18. The lowest BCUT2D eigenvalue weighted by atomic mass is 10.0. The van der Waals surface area contributed by atoms with Crippen LogP contribution < -0.4 is 0 Å². The summed E-state index contributed by atoms with van der Waals surface area (Å²) >= 11 is 0. The first-order valence-electron chi connectivity index (χ1n) is 7.87. The van der Waals surface area contributed by atoms with Crippen LogP contribution in [0.2, 0.25) is 0 Å². The number of aliphatic hydroxyl groups excluding tert-OH is 1. The van der Waals surface area contributed by atoms with E-state index in [1.165, 1.54) is 5.56 Å². The van der Waals surface area contributed by atoms with E-state index in [-0.39, 0.29) is 0 Å².